The minimum Gasteiger partial charge on any atom is -0.481 e. The summed E-state index contributed by atoms with van der Waals surface area (Å²) in [5.41, 5.74) is 2.58. The molecule has 6 rings (SSSR count). The van der Waals surface area contributed by atoms with E-state index < -0.39 is 11.9 Å². The number of anilines is 1. The number of carboxylic acids is 1. The first-order valence-electron chi connectivity index (χ1n) is 12.3. The van der Waals surface area contributed by atoms with Crippen LogP contribution in [0, 0.1) is 5.82 Å². The van der Waals surface area contributed by atoms with Gasteiger partial charge in [0.25, 0.3) is 11.8 Å². The molecule has 2 amide bonds. The number of aromatic nitrogens is 3. The van der Waals surface area contributed by atoms with Gasteiger partial charge in [-0.3, -0.25) is 9.59 Å². The maximum atomic E-state index is 15.8. The molecule has 11 nitrogen and oxygen atoms in total. The molecular formula is C27H23FN6O5. The molecule has 0 radical (unpaired) electrons. The van der Waals surface area contributed by atoms with Crippen LogP contribution in [0.2, 0.25) is 0 Å². The number of carboxylic acid groups (broad SMARTS) is 1. The molecule has 12 heteroatoms. The normalized spacial score (nSPS) is 16.4. The van der Waals surface area contributed by atoms with Crippen molar-refractivity contribution in [3.8, 4) is 16.9 Å². The van der Waals surface area contributed by atoms with Crippen LogP contribution in [0.15, 0.2) is 42.9 Å². The largest absolute Gasteiger partial charge is 0.481 e. The van der Waals surface area contributed by atoms with Gasteiger partial charge in [-0.15, -0.1) is 0 Å². The highest BCUT2D eigenvalue weighted by Gasteiger charge is 2.27. The number of hydrogen-bond acceptors (Lipinski definition) is 7. The number of nitrogens with zero attached hydrogens (tertiary/aromatic N) is 2. The van der Waals surface area contributed by atoms with E-state index in [2.05, 4.69) is 30.9 Å². The zero-order valence-corrected chi connectivity index (χ0v) is 20.5. The Morgan fingerprint density at radius 2 is 2.08 bits per heavy atom. The minimum atomic E-state index is -1.18. The maximum Gasteiger partial charge on any atom is 0.339 e. The lowest BCUT2D eigenvalue weighted by atomic mass is 9.92. The predicted octanol–water partition coefficient (Wildman–Crippen LogP) is 2.80. The molecule has 0 saturated carbocycles. The Morgan fingerprint density at radius 3 is 2.87 bits per heavy atom. The zero-order chi connectivity index (χ0) is 27.1. The summed E-state index contributed by atoms with van der Waals surface area (Å²) in [5.74, 6) is -2.02. The quantitative estimate of drug-likeness (QED) is 0.255. The lowest BCUT2D eigenvalue weighted by Gasteiger charge is -2.23. The highest BCUT2D eigenvalue weighted by Crippen LogP contribution is 2.42. The maximum absolute atomic E-state index is 15.8. The van der Waals surface area contributed by atoms with E-state index >= 15 is 4.39 Å². The van der Waals surface area contributed by atoms with E-state index in [1.807, 2.05) is 0 Å². The van der Waals surface area contributed by atoms with Crippen LogP contribution < -0.4 is 20.7 Å². The van der Waals surface area contributed by atoms with Crippen LogP contribution in [0.3, 0.4) is 0 Å². The van der Waals surface area contributed by atoms with E-state index in [0.29, 0.717) is 40.2 Å². The number of fused-ring (bicyclic) bond motifs is 2. The number of aromatic carboxylic acids is 1. The highest BCUT2D eigenvalue weighted by atomic mass is 19.1. The van der Waals surface area contributed by atoms with Gasteiger partial charge in [-0.2, -0.15) is 0 Å². The molecule has 4 heterocycles. The summed E-state index contributed by atoms with van der Waals surface area (Å²) in [6.07, 6.45) is 3.21. The van der Waals surface area contributed by atoms with Gasteiger partial charge >= 0.3 is 5.97 Å². The third-order valence-corrected chi connectivity index (χ3v) is 6.95. The van der Waals surface area contributed by atoms with Gasteiger partial charge in [0.2, 0.25) is 0 Å². The Hall–Kier alpha value is -4.84. The lowest BCUT2D eigenvalue weighted by molar-refractivity contribution is -0.118. The first kappa shape index (κ1) is 24.5. The van der Waals surface area contributed by atoms with E-state index in [-0.39, 0.29) is 53.1 Å². The minimum absolute atomic E-state index is 0.0147. The van der Waals surface area contributed by atoms with Gasteiger partial charge < -0.3 is 30.8 Å². The Morgan fingerprint density at radius 1 is 1.21 bits per heavy atom. The number of H-pyrrole nitrogens is 1. The third-order valence-electron chi connectivity index (χ3n) is 6.95. The summed E-state index contributed by atoms with van der Waals surface area (Å²) in [6, 6.07) is 8.64. The number of ether oxygens (including phenoxy) is 1. The van der Waals surface area contributed by atoms with Crippen molar-refractivity contribution >= 4 is 34.5 Å². The topological polar surface area (TPSA) is 158 Å². The second-order valence-corrected chi connectivity index (χ2v) is 9.39. The summed E-state index contributed by atoms with van der Waals surface area (Å²) >= 11 is 0. The lowest BCUT2D eigenvalue weighted by Crippen LogP contribution is -2.27. The number of rotatable bonds is 6. The first-order valence-corrected chi connectivity index (χ1v) is 12.3. The summed E-state index contributed by atoms with van der Waals surface area (Å²) in [7, 11) is 0. The molecule has 0 bridgehead atoms. The molecule has 5 N–H and O–H groups in total. The van der Waals surface area contributed by atoms with Crippen LogP contribution in [0.25, 0.3) is 22.2 Å². The van der Waals surface area contributed by atoms with Gasteiger partial charge in [-0.05, 0) is 36.2 Å². The summed E-state index contributed by atoms with van der Waals surface area (Å²) in [6.45, 7) is 1.35. The summed E-state index contributed by atoms with van der Waals surface area (Å²) in [5, 5.41) is 18.1. The van der Waals surface area contributed by atoms with Gasteiger partial charge in [0.15, 0.2) is 18.1 Å². The van der Waals surface area contributed by atoms with Crippen molar-refractivity contribution < 1.29 is 28.6 Å². The standard InChI is InChI=1S/C27H23FN6O5/c28-21-15(14-4-5-29-9-14)2-1-3-16(21)17-6-13(7-19-25(17)39-11-20(35)34-19)8-31-26(36)24-23-22(32-12-33-24)18(10-30-23)27(37)38/h1-3,6-7,10,12,14,29-30H,4-5,8-9,11H2,(H,31,36)(H,34,35)(H,37,38). The molecular weight excluding hydrogens is 507 g/mol. The van der Waals surface area contributed by atoms with Crippen LogP contribution in [-0.4, -0.2) is 57.5 Å². The van der Waals surface area contributed by atoms with E-state index in [4.69, 9.17) is 4.74 Å². The van der Waals surface area contributed by atoms with Crippen molar-refractivity contribution in [2.75, 3.05) is 25.0 Å². The number of amides is 2. The number of benzene rings is 2. The Labute approximate surface area is 220 Å². The Bertz CT molecular complexity index is 1650. The summed E-state index contributed by atoms with van der Waals surface area (Å²) in [4.78, 5) is 47.2. The molecule has 2 aliphatic rings. The fourth-order valence-corrected chi connectivity index (χ4v) is 5.10. The molecule has 1 saturated heterocycles. The molecule has 4 aromatic rings. The smallest absolute Gasteiger partial charge is 0.339 e. The molecule has 1 atom stereocenters. The highest BCUT2D eigenvalue weighted by molar-refractivity contribution is 6.08. The second-order valence-electron chi connectivity index (χ2n) is 9.39. The van der Waals surface area contributed by atoms with Crippen LogP contribution in [-0.2, 0) is 11.3 Å². The fourth-order valence-electron chi connectivity index (χ4n) is 5.10. The predicted molar refractivity (Wildman–Crippen MR) is 138 cm³/mol. The SMILES string of the molecule is O=C1COc2c(cc(CNC(=O)c3ncnc4c(C(=O)O)c[nH]c34)cc2-c2cccc(C3CCNC3)c2F)N1. The molecule has 0 spiro atoms. The van der Waals surface area contributed by atoms with Gasteiger partial charge in [-0.25, -0.2) is 19.2 Å². The van der Waals surface area contributed by atoms with Crippen LogP contribution in [0.4, 0.5) is 10.1 Å². The van der Waals surface area contributed by atoms with Crippen LogP contribution in [0.5, 0.6) is 5.75 Å². The zero-order valence-electron chi connectivity index (χ0n) is 20.5. The average molecular weight is 531 g/mol. The second kappa shape index (κ2) is 9.80. The number of nitrogens with one attached hydrogen (secondary N) is 4. The summed E-state index contributed by atoms with van der Waals surface area (Å²) < 4.78 is 21.5. The third kappa shape index (κ3) is 4.44. The van der Waals surface area contributed by atoms with Crippen molar-refractivity contribution in [2.45, 2.75) is 18.9 Å². The Balaban J connectivity index is 1.34. The fraction of sp³-hybridized carbons (Fsp3) is 0.222. The van der Waals surface area contributed by atoms with Crippen molar-refractivity contribution in [1.82, 2.24) is 25.6 Å². The number of carbonyl (C=O) groups excluding carboxylic acids is 2. The van der Waals surface area contributed by atoms with Gasteiger partial charge in [-0.1, -0.05) is 18.2 Å². The molecule has 1 fully saturated rings. The molecule has 198 valence electrons. The van der Waals surface area contributed by atoms with Gasteiger partial charge in [0.05, 0.1) is 11.2 Å². The number of hydrogen-bond donors (Lipinski definition) is 5. The average Bonchev–Trinajstić information content (AvgIpc) is 3.62. The van der Waals surface area contributed by atoms with Crippen molar-refractivity contribution in [3.05, 3.63) is 71.1 Å². The molecule has 1 unspecified atom stereocenters. The first-order chi connectivity index (χ1) is 18.9. The van der Waals surface area contributed by atoms with Crippen LogP contribution >= 0.6 is 0 Å². The van der Waals surface area contributed by atoms with Crippen molar-refractivity contribution in [2.24, 2.45) is 0 Å². The Kier molecular flexibility index (Phi) is 6.15. The van der Waals surface area contributed by atoms with E-state index in [0.717, 1.165) is 19.3 Å². The van der Waals surface area contributed by atoms with Crippen LogP contribution in [0.1, 0.15) is 44.3 Å². The number of carbonyl (C=O) groups is 3. The van der Waals surface area contributed by atoms with E-state index in [1.54, 1.807) is 30.3 Å². The van der Waals surface area contributed by atoms with E-state index in [1.165, 1.54) is 6.20 Å². The van der Waals surface area contributed by atoms with Crippen molar-refractivity contribution in [1.29, 1.82) is 0 Å². The number of aromatic amines is 1. The van der Waals surface area contributed by atoms with Gasteiger partial charge in [0.1, 0.15) is 23.2 Å². The molecule has 39 heavy (non-hydrogen) atoms. The molecule has 2 aromatic heterocycles. The molecule has 2 aromatic carbocycles. The van der Waals surface area contributed by atoms with E-state index in [9.17, 15) is 19.5 Å². The molecule has 2 aliphatic heterocycles. The monoisotopic (exact) mass is 530 g/mol. The molecule has 0 aliphatic carbocycles. The van der Waals surface area contributed by atoms with Crippen molar-refractivity contribution in [3.63, 3.8) is 0 Å². The number of halogens is 1. The van der Waals surface area contributed by atoms with Gasteiger partial charge in [0, 0.05) is 36.3 Å².